The number of anilines is 1. The minimum absolute atomic E-state index is 0.0139. The van der Waals surface area contributed by atoms with Crippen LogP contribution in [-0.2, 0) is 9.59 Å². The molecule has 4 nitrogen and oxygen atoms in total. The van der Waals surface area contributed by atoms with Gasteiger partial charge in [-0.3, -0.25) is 9.59 Å². The van der Waals surface area contributed by atoms with E-state index in [0.29, 0.717) is 13.1 Å². The Morgan fingerprint density at radius 3 is 2.46 bits per heavy atom. The number of thioether (sulfide) groups is 1. The summed E-state index contributed by atoms with van der Waals surface area (Å²) in [7, 11) is 0. The molecule has 1 aliphatic heterocycles. The number of rotatable bonds is 6. The molecule has 2 aromatic carbocycles. The van der Waals surface area contributed by atoms with Crippen LogP contribution in [0.4, 0.5) is 5.69 Å². The van der Waals surface area contributed by atoms with Crippen LogP contribution in [0.3, 0.4) is 0 Å². The number of para-hydroxylation sites is 1. The molecule has 2 aromatic rings. The lowest BCUT2D eigenvalue weighted by molar-refractivity contribution is -0.126. The van der Waals surface area contributed by atoms with Crippen molar-refractivity contribution in [1.29, 1.82) is 0 Å². The Kier molecular flexibility index (Phi) is 5.54. The van der Waals surface area contributed by atoms with Crippen molar-refractivity contribution in [2.24, 2.45) is 5.92 Å². The predicted molar refractivity (Wildman–Crippen MR) is 97.1 cm³/mol. The highest BCUT2D eigenvalue weighted by Gasteiger charge is 2.34. The summed E-state index contributed by atoms with van der Waals surface area (Å²) >= 11 is 1.71. The van der Waals surface area contributed by atoms with E-state index in [-0.39, 0.29) is 24.2 Å². The Morgan fingerprint density at radius 1 is 1.08 bits per heavy atom. The second-order valence-electron chi connectivity index (χ2n) is 5.69. The Morgan fingerprint density at radius 2 is 1.75 bits per heavy atom. The summed E-state index contributed by atoms with van der Waals surface area (Å²) in [6, 6.07) is 19.6. The van der Waals surface area contributed by atoms with Crippen molar-refractivity contribution in [3.05, 3.63) is 60.7 Å². The molecule has 0 aliphatic carbocycles. The van der Waals surface area contributed by atoms with Gasteiger partial charge in [-0.2, -0.15) is 0 Å². The second kappa shape index (κ2) is 8.02. The molecule has 0 unspecified atom stereocenters. The van der Waals surface area contributed by atoms with Crippen LogP contribution in [0.2, 0.25) is 0 Å². The fourth-order valence-corrected chi connectivity index (χ4v) is 3.53. The third-order valence-electron chi connectivity index (χ3n) is 3.98. The summed E-state index contributed by atoms with van der Waals surface area (Å²) in [5, 5.41) is 2.95. The maximum absolute atomic E-state index is 12.3. The van der Waals surface area contributed by atoms with E-state index in [1.54, 1.807) is 16.7 Å². The molecule has 1 aliphatic rings. The van der Waals surface area contributed by atoms with Gasteiger partial charge in [-0.05, 0) is 24.3 Å². The van der Waals surface area contributed by atoms with Crippen LogP contribution in [0.5, 0.6) is 0 Å². The van der Waals surface area contributed by atoms with Crippen LogP contribution in [0.25, 0.3) is 0 Å². The molecule has 1 saturated heterocycles. The molecule has 24 heavy (non-hydrogen) atoms. The normalized spacial score (nSPS) is 17.1. The van der Waals surface area contributed by atoms with Gasteiger partial charge < -0.3 is 10.2 Å². The third-order valence-corrected chi connectivity index (χ3v) is 4.99. The van der Waals surface area contributed by atoms with E-state index in [1.165, 1.54) is 4.90 Å². The molecule has 3 rings (SSSR count). The number of nitrogens with zero attached hydrogens (tertiary/aromatic N) is 1. The quantitative estimate of drug-likeness (QED) is 0.650. The number of hydrogen-bond donors (Lipinski definition) is 1. The Bertz CT molecular complexity index is 691. The molecule has 0 bridgehead atoms. The lowest BCUT2D eigenvalue weighted by Crippen LogP contribution is -2.34. The summed E-state index contributed by atoms with van der Waals surface area (Å²) in [6.45, 7) is 1.06. The molecular weight excluding hydrogens is 320 g/mol. The van der Waals surface area contributed by atoms with E-state index in [4.69, 9.17) is 0 Å². The van der Waals surface area contributed by atoms with Crippen molar-refractivity contribution in [3.63, 3.8) is 0 Å². The molecule has 124 valence electrons. The predicted octanol–water partition coefficient (Wildman–Crippen LogP) is 2.95. The van der Waals surface area contributed by atoms with Crippen LogP contribution in [0.15, 0.2) is 65.6 Å². The largest absolute Gasteiger partial charge is 0.355 e. The maximum Gasteiger partial charge on any atom is 0.227 e. The van der Waals surface area contributed by atoms with Gasteiger partial charge in [-0.15, -0.1) is 11.8 Å². The maximum atomic E-state index is 12.3. The van der Waals surface area contributed by atoms with Crippen LogP contribution in [0.1, 0.15) is 6.42 Å². The van der Waals surface area contributed by atoms with Gasteiger partial charge in [0.1, 0.15) is 0 Å². The highest BCUT2D eigenvalue weighted by atomic mass is 32.2. The minimum atomic E-state index is -0.264. The molecule has 1 heterocycles. The monoisotopic (exact) mass is 340 g/mol. The van der Waals surface area contributed by atoms with Crippen LogP contribution in [-0.4, -0.2) is 30.7 Å². The molecule has 1 fully saturated rings. The molecule has 0 spiro atoms. The zero-order chi connectivity index (χ0) is 16.8. The van der Waals surface area contributed by atoms with E-state index >= 15 is 0 Å². The van der Waals surface area contributed by atoms with Crippen molar-refractivity contribution in [1.82, 2.24) is 5.32 Å². The lowest BCUT2D eigenvalue weighted by Gasteiger charge is -2.16. The van der Waals surface area contributed by atoms with Crippen molar-refractivity contribution in [2.75, 3.05) is 23.7 Å². The van der Waals surface area contributed by atoms with Gasteiger partial charge in [-0.25, -0.2) is 0 Å². The summed E-state index contributed by atoms with van der Waals surface area (Å²) in [5.41, 5.74) is 0.859. The van der Waals surface area contributed by atoms with E-state index in [9.17, 15) is 9.59 Å². The molecule has 1 atom stereocenters. The average Bonchev–Trinajstić information content (AvgIpc) is 3.02. The Labute approximate surface area is 146 Å². The summed E-state index contributed by atoms with van der Waals surface area (Å²) in [4.78, 5) is 27.3. The molecule has 0 saturated carbocycles. The topological polar surface area (TPSA) is 49.4 Å². The number of carbonyl (C=O) groups excluding carboxylic acids is 2. The lowest BCUT2D eigenvalue weighted by atomic mass is 10.1. The zero-order valence-electron chi connectivity index (χ0n) is 13.4. The third kappa shape index (κ3) is 4.17. The average molecular weight is 340 g/mol. The molecular formula is C19H20N2O2S. The zero-order valence-corrected chi connectivity index (χ0v) is 14.2. The smallest absolute Gasteiger partial charge is 0.227 e. The fourth-order valence-electron chi connectivity index (χ4n) is 2.74. The van der Waals surface area contributed by atoms with Crippen LogP contribution < -0.4 is 10.2 Å². The van der Waals surface area contributed by atoms with Crippen molar-refractivity contribution in [2.45, 2.75) is 11.3 Å². The first kappa shape index (κ1) is 16.6. The SMILES string of the molecule is O=C(NCCSc1ccccc1)[C@H]1CC(=O)N(c2ccccc2)C1. The van der Waals surface area contributed by atoms with Crippen molar-refractivity contribution in [3.8, 4) is 0 Å². The fraction of sp³-hybridized carbons (Fsp3) is 0.263. The van der Waals surface area contributed by atoms with Gasteiger partial charge in [-0.1, -0.05) is 36.4 Å². The Hall–Kier alpha value is -2.27. The number of carbonyl (C=O) groups is 2. The molecule has 5 heteroatoms. The summed E-state index contributed by atoms with van der Waals surface area (Å²) in [6.07, 6.45) is 0.284. The second-order valence-corrected chi connectivity index (χ2v) is 6.86. The molecule has 0 aromatic heterocycles. The van der Waals surface area contributed by atoms with E-state index < -0.39 is 0 Å². The van der Waals surface area contributed by atoms with E-state index in [1.807, 2.05) is 48.5 Å². The molecule has 1 N–H and O–H groups in total. The number of nitrogens with one attached hydrogen (secondary N) is 1. The number of benzene rings is 2. The minimum Gasteiger partial charge on any atom is -0.355 e. The van der Waals surface area contributed by atoms with Crippen LogP contribution in [0, 0.1) is 5.92 Å². The number of hydrogen-bond acceptors (Lipinski definition) is 3. The van der Waals surface area contributed by atoms with Gasteiger partial charge in [0, 0.05) is 35.8 Å². The van der Waals surface area contributed by atoms with Gasteiger partial charge in [0.2, 0.25) is 11.8 Å². The molecule has 0 radical (unpaired) electrons. The van der Waals surface area contributed by atoms with Gasteiger partial charge in [0.05, 0.1) is 5.92 Å². The van der Waals surface area contributed by atoms with Crippen molar-refractivity contribution < 1.29 is 9.59 Å². The first-order valence-corrected chi connectivity index (χ1v) is 9.03. The highest BCUT2D eigenvalue weighted by molar-refractivity contribution is 7.99. The Balaban J connectivity index is 1.45. The standard InChI is InChI=1S/C19H20N2O2S/c22-18-13-15(14-21(18)16-7-3-1-4-8-16)19(23)20-11-12-24-17-9-5-2-6-10-17/h1-10,15H,11-14H2,(H,20,23)/t15-/m0/s1. The summed E-state index contributed by atoms with van der Waals surface area (Å²) < 4.78 is 0. The first-order valence-electron chi connectivity index (χ1n) is 8.05. The van der Waals surface area contributed by atoms with E-state index in [0.717, 1.165) is 11.4 Å². The van der Waals surface area contributed by atoms with Gasteiger partial charge in [0.15, 0.2) is 0 Å². The van der Waals surface area contributed by atoms with E-state index in [2.05, 4.69) is 17.4 Å². The highest BCUT2D eigenvalue weighted by Crippen LogP contribution is 2.24. The molecule has 2 amide bonds. The van der Waals surface area contributed by atoms with Crippen molar-refractivity contribution >= 4 is 29.3 Å². The first-order chi connectivity index (χ1) is 11.7. The number of amides is 2. The van der Waals surface area contributed by atoms with Crippen LogP contribution >= 0.6 is 11.8 Å². The summed E-state index contributed by atoms with van der Waals surface area (Å²) in [5.74, 6) is 0.536. The van der Waals surface area contributed by atoms with Gasteiger partial charge in [0.25, 0.3) is 0 Å². The van der Waals surface area contributed by atoms with Gasteiger partial charge >= 0.3 is 0 Å².